The molecule has 0 amide bonds. The first-order chi connectivity index (χ1) is 11.2. The lowest BCUT2D eigenvalue weighted by Gasteiger charge is -2.03. The Morgan fingerprint density at radius 1 is 0.958 bits per heavy atom. The number of hydrogen-bond acceptors (Lipinski definition) is 2. The Bertz CT molecular complexity index is 725. The molecule has 2 aromatic rings. The second kappa shape index (κ2) is 9.27. The van der Waals surface area contributed by atoms with Gasteiger partial charge in [-0.25, -0.2) is 8.78 Å². The van der Waals surface area contributed by atoms with Crippen LogP contribution >= 0.6 is 15.9 Å². The van der Waals surface area contributed by atoms with Gasteiger partial charge in [0.25, 0.3) is 0 Å². The van der Waals surface area contributed by atoms with Gasteiger partial charge >= 0.3 is 5.97 Å². The molecule has 0 bridgehead atoms. The van der Waals surface area contributed by atoms with Gasteiger partial charge in [0.2, 0.25) is 0 Å². The predicted octanol–water partition coefficient (Wildman–Crippen LogP) is 5.08. The first-order valence-corrected chi connectivity index (χ1v) is 7.94. The number of carbonyl (C=O) groups excluding carboxylic acids is 1. The molecular formula is C18H17BrF2O3. The lowest BCUT2D eigenvalue weighted by Crippen LogP contribution is -2.06. The molecule has 2 rings (SSSR count). The lowest BCUT2D eigenvalue weighted by atomic mass is 10.0. The summed E-state index contributed by atoms with van der Waals surface area (Å²) >= 11 is 3.07. The van der Waals surface area contributed by atoms with Gasteiger partial charge in [0.1, 0.15) is 11.6 Å². The van der Waals surface area contributed by atoms with Crippen molar-refractivity contribution in [2.75, 3.05) is 0 Å². The van der Waals surface area contributed by atoms with Crippen LogP contribution in [0, 0.1) is 25.5 Å². The Balaban J connectivity index is 0.000000272. The van der Waals surface area contributed by atoms with Gasteiger partial charge in [-0.2, -0.15) is 0 Å². The maximum absolute atomic E-state index is 13.4. The fourth-order valence-corrected chi connectivity index (χ4v) is 2.29. The van der Waals surface area contributed by atoms with Crippen molar-refractivity contribution in [1.29, 1.82) is 0 Å². The van der Waals surface area contributed by atoms with Gasteiger partial charge in [0.05, 0.1) is 16.5 Å². The van der Waals surface area contributed by atoms with Crippen LogP contribution in [0.15, 0.2) is 40.9 Å². The van der Waals surface area contributed by atoms with Crippen LogP contribution in [0.1, 0.15) is 34.3 Å². The SMILES string of the molecule is Cc1cccc(Br)c1F.Cc1cccc(C(=O)CCC(=O)O)c1F. The van der Waals surface area contributed by atoms with Crippen LogP contribution in [-0.4, -0.2) is 16.9 Å². The van der Waals surface area contributed by atoms with Crippen molar-refractivity contribution < 1.29 is 23.5 Å². The van der Waals surface area contributed by atoms with E-state index in [1.165, 1.54) is 6.07 Å². The number of Topliss-reactive ketones (excluding diaryl/α,β-unsaturated/α-hetero) is 1. The first-order valence-electron chi connectivity index (χ1n) is 7.14. The highest BCUT2D eigenvalue weighted by molar-refractivity contribution is 9.10. The molecule has 0 radical (unpaired) electrons. The van der Waals surface area contributed by atoms with Gasteiger partial charge in [-0.05, 0) is 53.0 Å². The summed E-state index contributed by atoms with van der Waals surface area (Å²) in [4.78, 5) is 21.7. The van der Waals surface area contributed by atoms with E-state index in [0.29, 0.717) is 15.6 Å². The molecule has 0 saturated carbocycles. The van der Waals surface area contributed by atoms with Crippen molar-refractivity contribution in [2.45, 2.75) is 26.7 Å². The van der Waals surface area contributed by atoms with Crippen molar-refractivity contribution in [2.24, 2.45) is 0 Å². The highest BCUT2D eigenvalue weighted by atomic mass is 79.9. The van der Waals surface area contributed by atoms with Gasteiger partial charge in [-0.3, -0.25) is 9.59 Å². The third-order valence-electron chi connectivity index (χ3n) is 3.20. The van der Waals surface area contributed by atoms with Gasteiger partial charge in [0.15, 0.2) is 5.78 Å². The third-order valence-corrected chi connectivity index (χ3v) is 3.82. The number of rotatable bonds is 4. The molecule has 0 fully saturated rings. The largest absolute Gasteiger partial charge is 0.481 e. The summed E-state index contributed by atoms with van der Waals surface area (Å²) in [5.41, 5.74) is 1.02. The molecule has 24 heavy (non-hydrogen) atoms. The molecule has 2 aromatic carbocycles. The monoisotopic (exact) mass is 398 g/mol. The van der Waals surface area contributed by atoms with Crippen LogP contribution in [-0.2, 0) is 4.79 Å². The number of halogens is 3. The number of aryl methyl sites for hydroxylation is 2. The van der Waals surface area contributed by atoms with E-state index in [4.69, 9.17) is 5.11 Å². The fraction of sp³-hybridized carbons (Fsp3) is 0.222. The second-order valence-corrected chi connectivity index (χ2v) is 5.98. The molecule has 0 aliphatic rings. The minimum Gasteiger partial charge on any atom is -0.481 e. The average molecular weight is 399 g/mol. The zero-order valence-electron chi connectivity index (χ0n) is 13.3. The van der Waals surface area contributed by atoms with Crippen LogP contribution < -0.4 is 0 Å². The number of ketones is 1. The molecule has 0 spiro atoms. The maximum atomic E-state index is 13.4. The molecule has 0 aromatic heterocycles. The van der Waals surface area contributed by atoms with Crippen LogP contribution in [0.2, 0.25) is 0 Å². The zero-order chi connectivity index (χ0) is 18.3. The minimum atomic E-state index is -1.06. The molecule has 6 heteroatoms. The summed E-state index contributed by atoms with van der Waals surface area (Å²) in [6.07, 6.45) is -0.443. The van der Waals surface area contributed by atoms with Crippen molar-refractivity contribution >= 4 is 27.7 Å². The van der Waals surface area contributed by atoms with Crippen molar-refractivity contribution in [3.05, 3.63) is 69.2 Å². The van der Waals surface area contributed by atoms with Crippen LogP contribution in [0.25, 0.3) is 0 Å². The van der Waals surface area contributed by atoms with Gasteiger partial charge in [-0.1, -0.05) is 24.3 Å². The normalized spacial score (nSPS) is 9.88. The maximum Gasteiger partial charge on any atom is 0.303 e. The Morgan fingerprint density at radius 3 is 2.00 bits per heavy atom. The minimum absolute atomic E-state index is 0.0312. The molecule has 0 aliphatic carbocycles. The van der Waals surface area contributed by atoms with Crippen LogP contribution in [0.5, 0.6) is 0 Å². The molecular weight excluding hydrogens is 382 g/mol. The lowest BCUT2D eigenvalue weighted by molar-refractivity contribution is -0.136. The summed E-state index contributed by atoms with van der Waals surface area (Å²) in [5, 5.41) is 8.39. The van der Waals surface area contributed by atoms with E-state index in [2.05, 4.69) is 15.9 Å². The zero-order valence-corrected chi connectivity index (χ0v) is 14.9. The number of aliphatic carboxylic acids is 1. The summed E-state index contributed by atoms with van der Waals surface area (Å²) in [7, 11) is 0. The molecule has 0 atom stereocenters. The Kier molecular flexibility index (Phi) is 7.71. The number of carboxylic acid groups (broad SMARTS) is 1. The number of benzene rings is 2. The number of carboxylic acids is 1. The van der Waals surface area contributed by atoms with Gasteiger partial charge in [0, 0.05) is 6.42 Å². The topological polar surface area (TPSA) is 54.4 Å². The van der Waals surface area contributed by atoms with Gasteiger partial charge < -0.3 is 5.11 Å². The molecule has 0 saturated heterocycles. The summed E-state index contributed by atoms with van der Waals surface area (Å²) < 4.78 is 26.6. The number of hydrogen-bond donors (Lipinski definition) is 1. The smallest absolute Gasteiger partial charge is 0.303 e. The third kappa shape index (κ3) is 5.85. The Labute approximate surface area is 147 Å². The molecule has 128 valence electrons. The highest BCUT2D eigenvalue weighted by Crippen LogP contribution is 2.17. The summed E-state index contributed by atoms with van der Waals surface area (Å²) in [6.45, 7) is 3.30. The first kappa shape index (κ1) is 20.0. The van der Waals surface area contributed by atoms with E-state index < -0.39 is 17.6 Å². The summed E-state index contributed by atoms with van der Waals surface area (Å²) in [6, 6.07) is 9.73. The number of carbonyl (C=O) groups is 2. The molecule has 0 unspecified atom stereocenters. The van der Waals surface area contributed by atoms with Gasteiger partial charge in [-0.15, -0.1) is 0 Å². The average Bonchev–Trinajstić information content (AvgIpc) is 2.53. The van der Waals surface area contributed by atoms with Crippen molar-refractivity contribution in [3.63, 3.8) is 0 Å². The predicted molar refractivity (Wildman–Crippen MR) is 91.2 cm³/mol. The van der Waals surface area contributed by atoms with E-state index >= 15 is 0 Å². The van der Waals surface area contributed by atoms with E-state index in [9.17, 15) is 18.4 Å². The van der Waals surface area contributed by atoms with Crippen LogP contribution in [0.3, 0.4) is 0 Å². The Hall–Kier alpha value is -2.08. The van der Waals surface area contributed by atoms with Crippen molar-refractivity contribution in [1.82, 2.24) is 0 Å². The van der Waals surface area contributed by atoms with Crippen molar-refractivity contribution in [3.8, 4) is 0 Å². The van der Waals surface area contributed by atoms with E-state index in [1.54, 1.807) is 38.1 Å². The Morgan fingerprint density at radius 2 is 1.50 bits per heavy atom. The highest BCUT2D eigenvalue weighted by Gasteiger charge is 2.13. The van der Waals surface area contributed by atoms with E-state index in [0.717, 1.165) is 0 Å². The standard InChI is InChI=1S/C11H11FO3.C7H6BrF/c1-7-3-2-4-8(11(7)12)9(13)5-6-10(14)15;1-5-3-2-4-6(8)7(5)9/h2-4H,5-6H2,1H3,(H,14,15);2-4H,1H3. The molecule has 0 heterocycles. The fourth-order valence-electron chi connectivity index (χ4n) is 1.83. The molecule has 0 aliphatic heterocycles. The van der Waals surface area contributed by atoms with Crippen LogP contribution in [0.4, 0.5) is 8.78 Å². The van der Waals surface area contributed by atoms with E-state index in [1.807, 2.05) is 6.07 Å². The molecule has 3 nitrogen and oxygen atoms in total. The summed E-state index contributed by atoms with van der Waals surface area (Å²) in [5.74, 6) is -2.26. The second-order valence-electron chi connectivity index (χ2n) is 5.12. The van der Waals surface area contributed by atoms with E-state index in [-0.39, 0.29) is 24.2 Å². The quantitative estimate of drug-likeness (QED) is 0.730. The molecule has 1 N–H and O–H groups in total.